The Labute approximate surface area is 105 Å². The number of hydrogen-bond donors (Lipinski definition) is 0. The lowest BCUT2D eigenvalue weighted by Crippen LogP contribution is -2.36. The number of nitrogens with zero attached hydrogens (tertiary/aromatic N) is 2. The number of carbonyl (C=O) groups is 1. The third-order valence-corrected chi connectivity index (χ3v) is 2.67. The van der Waals surface area contributed by atoms with Crippen LogP contribution in [0.15, 0.2) is 12.3 Å². The summed E-state index contributed by atoms with van der Waals surface area (Å²) in [5.74, 6) is -1.39. The van der Waals surface area contributed by atoms with Crippen molar-refractivity contribution in [2.45, 2.75) is 6.92 Å². The van der Waals surface area contributed by atoms with Crippen LogP contribution in [-0.2, 0) is 9.47 Å². The third-order valence-electron chi connectivity index (χ3n) is 2.67. The SMILES string of the molecule is CCOC(=O)c1ncc(N2CCOCC2)cc1F. The van der Waals surface area contributed by atoms with E-state index in [-0.39, 0.29) is 12.3 Å². The number of esters is 1. The topological polar surface area (TPSA) is 51.7 Å². The van der Waals surface area contributed by atoms with Crippen molar-refractivity contribution in [3.05, 3.63) is 23.8 Å². The summed E-state index contributed by atoms with van der Waals surface area (Å²) in [4.78, 5) is 17.2. The minimum atomic E-state index is -0.733. The van der Waals surface area contributed by atoms with Crippen molar-refractivity contribution in [3.63, 3.8) is 0 Å². The Balaban J connectivity index is 2.16. The highest BCUT2D eigenvalue weighted by Gasteiger charge is 2.18. The second-order valence-corrected chi connectivity index (χ2v) is 3.84. The van der Waals surface area contributed by atoms with Crippen molar-refractivity contribution in [1.29, 1.82) is 0 Å². The van der Waals surface area contributed by atoms with Crippen molar-refractivity contribution in [2.24, 2.45) is 0 Å². The molecule has 0 N–H and O–H groups in total. The smallest absolute Gasteiger partial charge is 0.359 e. The normalized spacial score (nSPS) is 15.6. The van der Waals surface area contributed by atoms with E-state index in [0.717, 1.165) is 0 Å². The standard InChI is InChI=1S/C12H15FN2O3/c1-2-18-12(16)11-10(13)7-9(8-14-11)15-3-5-17-6-4-15/h7-8H,2-6H2,1H3. The molecule has 0 amide bonds. The van der Waals surface area contributed by atoms with E-state index in [0.29, 0.717) is 32.0 Å². The second kappa shape index (κ2) is 5.77. The molecule has 1 aliphatic heterocycles. The van der Waals surface area contributed by atoms with Crippen LogP contribution in [0.2, 0.25) is 0 Å². The van der Waals surface area contributed by atoms with E-state index in [4.69, 9.17) is 9.47 Å². The number of pyridine rings is 1. The Bertz CT molecular complexity index is 433. The van der Waals surface area contributed by atoms with Crippen molar-refractivity contribution in [3.8, 4) is 0 Å². The first kappa shape index (κ1) is 12.8. The number of hydrogen-bond acceptors (Lipinski definition) is 5. The minimum absolute atomic E-state index is 0.200. The molecular weight excluding hydrogens is 239 g/mol. The van der Waals surface area contributed by atoms with E-state index in [1.54, 1.807) is 6.92 Å². The monoisotopic (exact) mass is 254 g/mol. The fourth-order valence-corrected chi connectivity index (χ4v) is 1.77. The maximum atomic E-state index is 13.8. The summed E-state index contributed by atoms with van der Waals surface area (Å²) < 4.78 is 23.7. The minimum Gasteiger partial charge on any atom is -0.461 e. The Morgan fingerprint density at radius 3 is 2.89 bits per heavy atom. The summed E-state index contributed by atoms with van der Waals surface area (Å²) in [6.07, 6.45) is 1.49. The largest absolute Gasteiger partial charge is 0.461 e. The van der Waals surface area contributed by atoms with Crippen LogP contribution < -0.4 is 4.90 Å². The first-order valence-electron chi connectivity index (χ1n) is 5.87. The van der Waals surface area contributed by atoms with Gasteiger partial charge in [0.25, 0.3) is 0 Å². The molecule has 1 aromatic heterocycles. The average molecular weight is 254 g/mol. The summed E-state index contributed by atoms with van der Waals surface area (Å²) in [5, 5.41) is 0. The Hall–Kier alpha value is -1.69. The fourth-order valence-electron chi connectivity index (χ4n) is 1.77. The maximum absolute atomic E-state index is 13.8. The highest BCUT2D eigenvalue weighted by atomic mass is 19.1. The van der Waals surface area contributed by atoms with Gasteiger partial charge in [-0.2, -0.15) is 0 Å². The molecule has 0 radical (unpaired) electrons. The van der Waals surface area contributed by atoms with Crippen LogP contribution in [0.3, 0.4) is 0 Å². The molecule has 1 aromatic rings. The molecule has 18 heavy (non-hydrogen) atoms. The van der Waals surface area contributed by atoms with Gasteiger partial charge >= 0.3 is 5.97 Å². The summed E-state index contributed by atoms with van der Waals surface area (Å²) in [6.45, 7) is 4.48. The van der Waals surface area contributed by atoms with Crippen LogP contribution in [0.4, 0.5) is 10.1 Å². The molecule has 2 rings (SSSR count). The summed E-state index contributed by atoms with van der Waals surface area (Å²) in [6, 6.07) is 1.31. The van der Waals surface area contributed by atoms with Gasteiger partial charge in [0.15, 0.2) is 11.5 Å². The number of rotatable bonds is 3. The lowest BCUT2D eigenvalue weighted by atomic mass is 10.3. The summed E-state index contributed by atoms with van der Waals surface area (Å²) in [7, 11) is 0. The molecular formula is C12H15FN2O3. The molecule has 1 saturated heterocycles. The molecule has 2 heterocycles. The molecule has 6 heteroatoms. The van der Waals surface area contributed by atoms with Gasteiger partial charge in [-0.3, -0.25) is 0 Å². The van der Waals surface area contributed by atoms with Crippen molar-refractivity contribution < 1.29 is 18.7 Å². The molecule has 0 bridgehead atoms. The Kier molecular flexibility index (Phi) is 4.09. The quantitative estimate of drug-likeness (QED) is 0.759. The summed E-state index contributed by atoms with van der Waals surface area (Å²) >= 11 is 0. The van der Waals surface area contributed by atoms with Crippen LogP contribution in [-0.4, -0.2) is 43.9 Å². The van der Waals surface area contributed by atoms with Gasteiger partial charge < -0.3 is 14.4 Å². The first-order valence-corrected chi connectivity index (χ1v) is 5.87. The van der Waals surface area contributed by atoms with E-state index in [2.05, 4.69) is 4.98 Å². The van der Waals surface area contributed by atoms with Crippen molar-refractivity contribution in [2.75, 3.05) is 37.8 Å². The van der Waals surface area contributed by atoms with E-state index < -0.39 is 11.8 Å². The zero-order chi connectivity index (χ0) is 13.0. The van der Waals surface area contributed by atoms with E-state index in [1.807, 2.05) is 4.90 Å². The van der Waals surface area contributed by atoms with Gasteiger partial charge in [-0.1, -0.05) is 0 Å². The predicted molar refractivity (Wildman–Crippen MR) is 63.2 cm³/mol. The molecule has 1 aliphatic rings. The number of anilines is 1. The van der Waals surface area contributed by atoms with Crippen LogP contribution in [0, 0.1) is 5.82 Å². The van der Waals surface area contributed by atoms with Crippen molar-refractivity contribution >= 4 is 11.7 Å². The molecule has 0 spiro atoms. The van der Waals surface area contributed by atoms with Crippen LogP contribution in [0.25, 0.3) is 0 Å². The molecule has 0 aliphatic carbocycles. The average Bonchev–Trinajstić information content (AvgIpc) is 2.40. The van der Waals surface area contributed by atoms with Gasteiger partial charge in [0.2, 0.25) is 0 Å². The number of ether oxygens (including phenoxy) is 2. The van der Waals surface area contributed by atoms with Crippen LogP contribution in [0.1, 0.15) is 17.4 Å². The van der Waals surface area contributed by atoms with Crippen molar-refractivity contribution in [1.82, 2.24) is 4.98 Å². The molecule has 98 valence electrons. The second-order valence-electron chi connectivity index (χ2n) is 3.84. The molecule has 5 nitrogen and oxygen atoms in total. The van der Waals surface area contributed by atoms with E-state index in [9.17, 15) is 9.18 Å². The van der Waals surface area contributed by atoms with Gasteiger partial charge in [0, 0.05) is 19.2 Å². The van der Waals surface area contributed by atoms with E-state index >= 15 is 0 Å². The van der Waals surface area contributed by atoms with Gasteiger partial charge in [-0.25, -0.2) is 14.2 Å². The highest BCUT2D eigenvalue weighted by Crippen LogP contribution is 2.18. The molecule has 0 atom stereocenters. The predicted octanol–water partition coefficient (Wildman–Crippen LogP) is 1.23. The molecule has 0 aromatic carbocycles. The highest BCUT2D eigenvalue weighted by molar-refractivity contribution is 5.87. The fraction of sp³-hybridized carbons (Fsp3) is 0.500. The van der Waals surface area contributed by atoms with Gasteiger partial charge in [0.1, 0.15) is 0 Å². The van der Waals surface area contributed by atoms with Crippen LogP contribution >= 0.6 is 0 Å². The zero-order valence-electron chi connectivity index (χ0n) is 10.2. The lowest BCUT2D eigenvalue weighted by Gasteiger charge is -2.28. The third kappa shape index (κ3) is 2.76. The number of morpholine rings is 1. The maximum Gasteiger partial charge on any atom is 0.359 e. The van der Waals surface area contributed by atoms with E-state index in [1.165, 1.54) is 12.3 Å². The lowest BCUT2D eigenvalue weighted by molar-refractivity contribution is 0.0513. The van der Waals surface area contributed by atoms with Crippen LogP contribution in [0.5, 0.6) is 0 Å². The molecule has 1 fully saturated rings. The Morgan fingerprint density at radius 1 is 1.56 bits per heavy atom. The van der Waals surface area contributed by atoms with Gasteiger partial charge in [-0.15, -0.1) is 0 Å². The number of halogens is 1. The van der Waals surface area contributed by atoms with Gasteiger partial charge in [-0.05, 0) is 6.92 Å². The summed E-state index contributed by atoms with van der Waals surface area (Å²) in [5.41, 5.74) is 0.387. The number of carbonyl (C=O) groups excluding carboxylic acids is 1. The molecule has 0 saturated carbocycles. The first-order chi connectivity index (χ1) is 8.72. The number of aromatic nitrogens is 1. The van der Waals surface area contributed by atoms with Gasteiger partial charge in [0.05, 0.1) is 31.7 Å². The Morgan fingerprint density at radius 2 is 2.28 bits per heavy atom. The zero-order valence-corrected chi connectivity index (χ0v) is 10.2. The molecule has 0 unspecified atom stereocenters.